The number of ether oxygens (including phenoxy) is 1. The third-order valence-corrected chi connectivity index (χ3v) is 3.59. The van der Waals surface area contributed by atoms with Gasteiger partial charge in [0.15, 0.2) is 0 Å². The van der Waals surface area contributed by atoms with Crippen molar-refractivity contribution in [3.05, 3.63) is 20.8 Å². The summed E-state index contributed by atoms with van der Waals surface area (Å²) in [6.45, 7) is 8.77. The maximum Gasteiger partial charge on any atom is 0.0750 e. The Balaban J connectivity index is 2.27. The van der Waals surface area contributed by atoms with Gasteiger partial charge in [0.2, 0.25) is 0 Å². The van der Waals surface area contributed by atoms with Crippen LogP contribution in [0.5, 0.6) is 0 Å². The van der Waals surface area contributed by atoms with Gasteiger partial charge in [-0.3, -0.25) is 0 Å². The smallest absolute Gasteiger partial charge is 0.0750 e. The van der Waals surface area contributed by atoms with E-state index in [0.29, 0.717) is 0 Å². The van der Waals surface area contributed by atoms with Crippen LogP contribution in [0.15, 0.2) is 15.2 Å². The first-order valence-electron chi connectivity index (χ1n) is 5.11. The van der Waals surface area contributed by atoms with Crippen LogP contribution in [0, 0.1) is 0 Å². The predicted octanol–water partition coefficient (Wildman–Crippen LogP) is 3.42. The van der Waals surface area contributed by atoms with Gasteiger partial charge in [0.1, 0.15) is 0 Å². The molecule has 1 aromatic heterocycles. The average molecular weight is 292 g/mol. The van der Waals surface area contributed by atoms with Gasteiger partial charge in [-0.25, -0.2) is 0 Å². The van der Waals surface area contributed by atoms with Crippen molar-refractivity contribution in [2.75, 3.05) is 13.2 Å². The standard InChI is InChI=1S/C11H18BrNOS/c1-4-14-11(2,3)8-13-6-9-5-10(12)15-7-9/h5,7,13H,4,6,8H2,1-3H3. The summed E-state index contributed by atoms with van der Waals surface area (Å²) < 4.78 is 6.79. The van der Waals surface area contributed by atoms with Crippen molar-refractivity contribution in [2.45, 2.75) is 32.9 Å². The van der Waals surface area contributed by atoms with E-state index in [1.54, 1.807) is 11.3 Å². The molecule has 4 heteroatoms. The van der Waals surface area contributed by atoms with Gasteiger partial charge in [-0.15, -0.1) is 11.3 Å². The lowest BCUT2D eigenvalue weighted by atomic mass is 10.1. The van der Waals surface area contributed by atoms with E-state index in [1.165, 1.54) is 9.35 Å². The highest BCUT2D eigenvalue weighted by Crippen LogP contribution is 2.20. The molecule has 15 heavy (non-hydrogen) atoms. The molecule has 0 unspecified atom stereocenters. The highest BCUT2D eigenvalue weighted by molar-refractivity contribution is 9.11. The average Bonchev–Trinajstić information content (AvgIpc) is 2.51. The van der Waals surface area contributed by atoms with E-state index < -0.39 is 0 Å². The van der Waals surface area contributed by atoms with Gasteiger partial charge in [-0.2, -0.15) is 0 Å². The summed E-state index contributed by atoms with van der Waals surface area (Å²) in [6, 6.07) is 2.14. The van der Waals surface area contributed by atoms with Crippen molar-refractivity contribution in [3.63, 3.8) is 0 Å². The van der Waals surface area contributed by atoms with Crippen LogP contribution >= 0.6 is 27.3 Å². The molecule has 0 aliphatic rings. The van der Waals surface area contributed by atoms with Crippen LogP contribution in [0.4, 0.5) is 0 Å². The fourth-order valence-electron chi connectivity index (χ4n) is 1.39. The predicted molar refractivity (Wildman–Crippen MR) is 69.4 cm³/mol. The van der Waals surface area contributed by atoms with Crippen molar-refractivity contribution < 1.29 is 4.74 Å². The zero-order chi connectivity index (χ0) is 11.3. The second-order valence-electron chi connectivity index (χ2n) is 4.06. The molecule has 0 spiro atoms. The SMILES string of the molecule is CCOC(C)(C)CNCc1csc(Br)c1. The molecule has 0 atom stereocenters. The van der Waals surface area contributed by atoms with Crippen LogP contribution in [0.1, 0.15) is 26.3 Å². The monoisotopic (exact) mass is 291 g/mol. The van der Waals surface area contributed by atoms with Crippen LogP contribution in [0.2, 0.25) is 0 Å². The van der Waals surface area contributed by atoms with Crippen LogP contribution in [0.25, 0.3) is 0 Å². The number of thiophene rings is 1. The number of halogens is 1. The Bertz CT molecular complexity index is 299. The van der Waals surface area contributed by atoms with Gasteiger partial charge >= 0.3 is 0 Å². The molecule has 0 bridgehead atoms. The van der Waals surface area contributed by atoms with Crippen LogP contribution < -0.4 is 5.32 Å². The first kappa shape index (κ1) is 13.2. The molecule has 0 saturated carbocycles. The zero-order valence-corrected chi connectivity index (χ0v) is 11.9. The molecule has 0 aliphatic heterocycles. The molecule has 0 amide bonds. The molecular weight excluding hydrogens is 274 g/mol. The lowest BCUT2D eigenvalue weighted by Crippen LogP contribution is -2.37. The Kier molecular flexibility index (Phi) is 5.26. The summed E-state index contributed by atoms with van der Waals surface area (Å²) in [5, 5.41) is 5.56. The normalized spacial score (nSPS) is 12.0. The minimum absolute atomic E-state index is 0.0813. The van der Waals surface area contributed by atoms with Crippen molar-refractivity contribution in [3.8, 4) is 0 Å². The topological polar surface area (TPSA) is 21.3 Å². The molecule has 1 rings (SSSR count). The molecule has 1 N–H and O–H groups in total. The van der Waals surface area contributed by atoms with Crippen molar-refractivity contribution in [1.82, 2.24) is 5.32 Å². The molecule has 1 aromatic rings. The molecule has 1 heterocycles. The first-order valence-corrected chi connectivity index (χ1v) is 6.78. The number of hydrogen-bond donors (Lipinski definition) is 1. The molecule has 86 valence electrons. The maximum absolute atomic E-state index is 5.60. The summed E-state index contributed by atoms with van der Waals surface area (Å²) >= 11 is 5.17. The van der Waals surface area contributed by atoms with Gasteiger partial charge in [0.05, 0.1) is 9.39 Å². The minimum Gasteiger partial charge on any atom is -0.375 e. The lowest BCUT2D eigenvalue weighted by Gasteiger charge is -2.24. The van der Waals surface area contributed by atoms with Crippen LogP contribution in [0.3, 0.4) is 0 Å². The molecule has 0 aliphatic carbocycles. The number of rotatable bonds is 6. The summed E-state index contributed by atoms with van der Waals surface area (Å²) in [4.78, 5) is 0. The van der Waals surface area contributed by atoms with E-state index in [4.69, 9.17) is 4.74 Å². The first-order chi connectivity index (χ1) is 7.03. The Morgan fingerprint density at radius 3 is 2.80 bits per heavy atom. The third-order valence-electron chi connectivity index (χ3n) is 2.04. The second kappa shape index (κ2) is 5.99. The van der Waals surface area contributed by atoms with Crippen molar-refractivity contribution in [1.29, 1.82) is 0 Å². The summed E-state index contributed by atoms with van der Waals surface area (Å²) in [7, 11) is 0. The van der Waals surface area contributed by atoms with Gasteiger partial charge in [-0.05, 0) is 53.7 Å². The van der Waals surface area contributed by atoms with E-state index in [2.05, 4.69) is 46.5 Å². The van der Waals surface area contributed by atoms with E-state index in [9.17, 15) is 0 Å². The summed E-state index contributed by atoms with van der Waals surface area (Å²) in [5.41, 5.74) is 1.24. The van der Waals surface area contributed by atoms with Gasteiger partial charge in [-0.1, -0.05) is 0 Å². The van der Waals surface area contributed by atoms with Crippen LogP contribution in [-0.4, -0.2) is 18.8 Å². The van der Waals surface area contributed by atoms with Gasteiger partial charge in [0.25, 0.3) is 0 Å². The number of hydrogen-bond acceptors (Lipinski definition) is 3. The van der Waals surface area contributed by atoms with Crippen molar-refractivity contribution >= 4 is 27.3 Å². The Hall–Kier alpha value is 0.100. The van der Waals surface area contributed by atoms with Gasteiger partial charge in [0, 0.05) is 19.7 Å². The highest BCUT2D eigenvalue weighted by atomic mass is 79.9. The maximum atomic E-state index is 5.60. The summed E-state index contributed by atoms with van der Waals surface area (Å²) in [5.74, 6) is 0. The molecule has 0 radical (unpaired) electrons. The van der Waals surface area contributed by atoms with E-state index >= 15 is 0 Å². The Labute approximate surface area is 104 Å². The fraction of sp³-hybridized carbons (Fsp3) is 0.636. The quantitative estimate of drug-likeness (QED) is 0.867. The Morgan fingerprint density at radius 1 is 1.53 bits per heavy atom. The summed E-state index contributed by atoms with van der Waals surface area (Å²) in [6.07, 6.45) is 0. The zero-order valence-electron chi connectivity index (χ0n) is 9.47. The molecular formula is C11H18BrNOS. The number of nitrogens with one attached hydrogen (secondary N) is 1. The molecule has 2 nitrogen and oxygen atoms in total. The third kappa shape index (κ3) is 5.11. The van der Waals surface area contributed by atoms with Crippen molar-refractivity contribution in [2.24, 2.45) is 0 Å². The lowest BCUT2D eigenvalue weighted by molar-refractivity contribution is -0.00896. The van der Waals surface area contributed by atoms with Crippen LogP contribution in [-0.2, 0) is 11.3 Å². The van der Waals surface area contributed by atoms with E-state index in [0.717, 1.165) is 19.7 Å². The second-order valence-corrected chi connectivity index (χ2v) is 6.35. The fourth-order valence-corrected chi connectivity index (χ4v) is 2.60. The molecule has 0 saturated heterocycles. The van der Waals surface area contributed by atoms with E-state index in [-0.39, 0.29) is 5.60 Å². The Morgan fingerprint density at radius 2 is 2.27 bits per heavy atom. The largest absolute Gasteiger partial charge is 0.375 e. The van der Waals surface area contributed by atoms with Gasteiger partial charge < -0.3 is 10.1 Å². The highest BCUT2D eigenvalue weighted by Gasteiger charge is 2.16. The molecule has 0 aromatic carbocycles. The molecule has 0 fully saturated rings. The minimum atomic E-state index is -0.0813. The van der Waals surface area contributed by atoms with E-state index in [1.807, 2.05) is 6.92 Å².